The van der Waals surface area contributed by atoms with Crippen molar-refractivity contribution in [2.24, 2.45) is 0 Å². The van der Waals surface area contributed by atoms with E-state index in [1.165, 1.54) is 0 Å². The van der Waals surface area contributed by atoms with Crippen molar-refractivity contribution in [3.8, 4) is 0 Å². The SMILES string of the molecule is COCn1ncc2c(Cl)ccc(Br)c21. The fourth-order valence-electron chi connectivity index (χ4n) is 1.35. The van der Waals surface area contributed by atoms with Crippen molar-refractivity contribution >= 4 is 38.4 Å². The van der Waals surface area contributed by atoms with Gasteiger partial charge in [-0.1, -0.05) is 11.6 Å². The number of methoxy groups -OCH3 is 1. The van der Waals surface area contributed by atoms with Crippen LogP contribution in [-0.2, 0) is 11.5 Å². The molecule has 3 nitrogen and oxygen atoms in total. The van der Waals surface area contributed by atoms with Gasteiger partial charge in [-0.05, 0) is 28.1 Å². The molecule has 5 heteroatoms. The summed E-state index contributed by atoms with van der Waals surface area (Å²) in [5.74, 6) is 0. The Morgan fingerprint density at radius 1 is 1.57 bits per heavy atom. The minimum Gasteiger partial charge on any atom is -0.362 e. The highest BCUT2D eigenvalue weighted by Crippen LogP contribution is 2.29. The van der Waals surface area contributed by atoms with Crippen LogP contribution in [0.1, 0.15) is 0 Å². The molecule has 0 amide bonds. The minimum atomic E-state index is 0.419. The number of benzene rings is 1. The average molecular weight is 276 g/mol. The van der Waals surface area contributed by atoms with Gasteiger partial charge in [0, 0.05) is 17.0 Å². The van der Waals surface area contributed by atoms with Gasteiger partial charge in [0.2, 0.25) is 0 Å². The number of nitrogens with zero attached hydrogens (tertiary/aromatic N) is 2. The van der Waals surface area contributed by atoms with Crippen molar-refractivity contribution in [3.63, 3.8) is 0 Å². The topological polar surface area (TPSA) is 27.1 Å². The van der Waals surface area contributed by atoms with Gasteiger partial charge >= 0.3 is 0 Å². The third-order valence-electron chi connectivity index (χ3n) is 1.95. The second-order valence-electron chi connectivity index (χ2n) is 2.85. The lowest BCUT2D eigenvalue weighted by atomic mass is 10.2. The van der Waals surface area contributed by atoms with E-state index in [0.29, 0.717) is 11.8 Å². The van der Waals surface area contributed by atoms with E-state index in [9.17, 15) is 0 Å². The van der Waals surface area contributed by atoms with E-state index >= 15 is 0 Å². The van der Waals surface area contributed by atoms with E-state index in [2.05, 4.69) is 21.0 Å². The van der Waals surface area contributed by atoms with E-state index in [-0.39, 0.29) is 0 Å². The quantitative estimate of drug-likeness (QED) is 0.842. The fraction of sp³-hybridized carbons (Fsp3) is 0.222. The summed E-state index contributed by atoms with van der Waals surface area (Å²) in [5.41, 5.74) is 0.958. The van der Waals surface area contributed by atoms with Crippen molar-refractivity contribution < 1.29 is 4.74 Å². The van der Waals surface area contributed by atoms with Crippen molar-refractivity contribution in [2.45, 2.75) is 6.73 Å². The number of halogens is 2. The zero-order chi connectivity index (χ0) is 10.1. The molecule has 2 rings (SSSR count). The summed E-state index contributed by atoms with van der Waals surface area (Å²) >= 11 is 9.48. The molecule has 0 atom stereocenters. The molecule has 0 aliphatic heterocycles. The van der Waals surface area contributed by atoms with E-state index in [1.54, 1.807) is 18.0 Å². The molecule has 1 heterocycles. The first-order valence-corrected chi connectivity index (χ1v) is 5.19. The van der Waals surface area contributed by atoms with Crippen LogP contribution in [0.3, 0.4) is 0 Å². The highest BCUT2D eigenvalue weighted by atomic mass is 79.9. The molecule has 1 aromatic carbocycles. The number of fused-ring (bicyclic) bond motifs is 1. The van der Waals surface area contributed by atoms with Gasteiger partial charge in [0.15, 0.2) is 0 Å². The van der Waals surface area contributed by atoms with Gasteiger partial charge < -0.3 is 4.74 Å². The zero-order valence-electron chi connectivity index (χ0n) is 7.50. The summed E-state index contributed by atoms with van der Waals surface area (Å²) in [4.78, 5) is 0. The van der Waals surface area contributed by atoms with Crippen LogP contribution in [0.5, 0.6) is 0 Å². The van der Waals surface area contributed by atoms with Gasteiger partial charge in [-0.15, -0.1) is 0 Å². The molecule has 1 aromatic heterocycles. The van der Waals surface area contributed by atoms with Crippen molar-refractivity contribution in [1.29, 1.82) is 0 Å². The Balaban J connectivity index is 2.70. The number of hydrogen-bond donors (Lipinski definition) is 0. The molecular formula is C9H8BrClN2O. The highest BCUT2D eigenvalue weighted by Gasteiger charge is 2.08. The first kappa shape index (κ1) is 9.96. The van der Waals surface area contributed by atoms with Crippen molar-refractivity contribution in [1.82, 2.24) is 9.78 Å². The Bertz CT molecular complexity index is 469. The monoisotopic (exact) mass is 274 g/mol. The third-order valence-corrected chi connectivity index (χ3v) is 2.92. The first-order chi connectivity index (χ1) is 6.74. The van der Waals surface area contributed by atoms with Gasteiger partial charge in [0.25, 0.3) is 0 Å². The first-order valence-electron chi connectivity index (χ1n) is 4.02. The standard InChI is InChI=1S/C9H8BrClN2O/c1-14-5-13-9-6(4-12-13)8(11)3-2-7(9)10/h2-4H,5H2,1H3. The highest BCUT2D eigenvalue weighted by molar-refractivity contribution is 9.10. The maximum Gasteiger partial charge on any atom is 0.139 e. The van der Waals surface area contributed by atoms with Gasteiger partial charge in [-0.25, -0.2) is 4.68 Å². The predicted molar refractivity (Wildman–Crippen MR) is 59.5 cm³/mol. The molecule has 0 aliphatic carbocycles. The van der Waals surface area contributed by atoms with Crippen molar-refractivity contribution in [3.05, 3.63) is 27.8 Å². The van der Waals surface area contributed by atoms with Gasteiger partial charge in [0.05, 0.1) is 16.7 Å². The molecule has 0 radical (unpaired) electrons. The lowest BCUT2D eigenvalue weighted by molar-refractivity contribution is 0.124. The van der Waals surface area contributed by atoms with E-state index < -0.39 is 0 Å². The Hall–Kier alpha value is -0.580. The Morgan fingerprint density at radius 3 is 3.07 bits per heavy atom. The average Bonchev–Trinajstić information content (AvgIpc) is 2.58. The van der Waals surface area contributed by atoms with Gasteiger partial charge in [0.1, 0.15) is 6.73 Å². The van der Waals surface area contributed by atoms with Crippen LogP contribution in [0.15, 0.2) is 22.8 Å². The number of rotatable bonds is 2. The van der Waals surface area contributed by atoms with E-state index in [1.807, 2.05) is 12.1 Å². The summed E-state index contributed by atoms with van der Waals surface area (Å²) in [7, 11) is 1.63. The number of aromatic nitrogens is 2. The molecule has 0 saturated heterocycles. The molecular weight excluding hydrogens is 267 g/mol. The zero-order valence-corrected chi connectivity index (χ0v) is 9.84. The lowest BCUT2D eigenvalue weighted by Gasteiger charge is -2.03. The maximum absolute atomic E-state index is 6.03. The fourth-order valence-corrected chi connectivity index (χ4v) is 2.10. The van der Waals surface area contributed by atoms with Crippen LogP contribution in [0.25, 0.3) is 10.9 Å². The molecule has 0 unspecified atom stereocenters. The molecule has 0 aliphatic rings. The molecule has 0 bridgehead atoms. The van der Waals surface area contributed by atoms with Crippen LogP contribution in [0, 0.1) is 0 Å². The lowest BCUT2D eigenvalue weighted by Crippen LogP contribution is -2.01. The smallest absolute Gasteiger partial charge is 0.139 e. The Kier molecular flexibility index (Phi) is 2.76. The summed E-state index contributed by atoms with van der Waals surface area (Å²) in [5, 5.41) is 5.81. The van der Waals surface area contributed by atoms with Gasteiger partial charge in [-0.3, -0.25) is 0 Å². The normalized spacial score (nSPS) is 11.1. The molecule has 2 aromatic rings. The Labute approximate surface area is 94.7 Å². The van der Waals surface area contributed by atoms with Crippen LogP contribution in [0.2, 0.25) is 5.02 Å². The summed E-state index contributed by atoms with van der Waals surface area (Å²) in [6.45, 7) is 0.419. The molecule has 74 valence electrons. The molecule has 0 N–H and O–H groups in total. The predicted octanol–water partition coefficient (Wildman–Crippen LogP) is 3.06. The van der Waals surface area contributed by atoms with Crippen LogP contribution < -0.4 is 0 Å². The van der Waals surface area contributed by atoms with Crippen molar-refractivity contribution in [2.75, 3.05) is 7.11 Å². The number of ether oxygens (including phenoxy) is 1. The molecule has 14 heavy (non-hydrogen) atoms. The van der Waals surface area contributed by atoms with Crippen LogP contribution in [-0.4, -0.2) is 16.9 Å². The molecule has 0 fully saturated rings. The Morgan fingerprint density at radius 2 is 2.36 bits per heavy atom. The summed E-state index contributed by atoms with van der Waals surface area (Å²) in [6.07, 6.45) is 1.74. The van der Waals surface area contributed by atoms with Gasteiger partial charge in [-0.2, -0.15) is 5.10 Å². The number of hydrogen-bond acceptors (Lipinski definition) is 2. The minimum absolute atomic E-state index is 0.419. The third kappa shape index (κ3) is 1.54. The maximum atomic E-state index is 6.03. The summed E-state index contributed by atoms with van der Waals surface area (Å²) in [6, 6.07) is 3.74. The van der Waals surface area contributed by atoms with Crippen LogP contribution in [0.4, 0.5) is 0 Å². The largest absolute Gasteiger partial charge is 0.362 e. The van der Waals surface area contributed by atoms with E-state index in [4.69, 9.17) is 16.3 Å². The van der Waals surface area contributed by atoms with E-state index in [0.717, 1.165) is 15.4 Å². The molecule has 0 spiro atoms. The second-order valence-corrected chi connectivity index (χ2v) is 4.11. The van der Waals surface area contributed by atoms with Crippen LogP contribution >= 0.6 is 27.5 Å². The summed E-state index contributed by atoms with van der Waals surface area (Å²) < 4.78 is 7.75. The second kappa shape index (κ2) is 3.88. The molecule has 0 saturated carbocycles.